The number of nitrogens with zero attached hydrogens (tertiary/aromatic N) is 1. The number of aryl methyl sites for hydroxylation is 1. The molecule has 1 aliphatic rings. The minimum absolute atomic E-state index is 0.124. The Labute approximate surface area is 135 Å². The molecule has 114 valence electrons. The number of nitrogens with one attached hydrogen (secondary N) is 2. The van der Waals surface area contributed by atoms with Crippen molar-refractivity contribution < 1.29 is 4.79 Å². The molecule has 2 aromatic rings. The van der Waals surface area contributed by atoms with E-state index in [2.05, 4.69) is 35.0 Å². The van der Waals surface area contributed by atoms with E-state index < -0.39 is 5.66 Å². The Balaban J connectivity index is 2.10. The van der Waals surface area contributed by atoms with Crippen LogP contribution in [0.25, 0.3) is 0 Å². The first kappa shape index (κ1) is 14.9. The minimum Gasteiger partial charge on any atom is -0.362 e. The van der Waals surface area contributed by atoms with Crippen LogP contribution in [0.3, 0.4) is 0 Å². The smallest absolute Gasteiger partial charge is 0.269 e. The molecule has 0 saturated carbocycles. The third kappa shape index (κ3) is 2.56. The van der Waals surface area contributed by atoms with Crippen LogP contribution >= 0.6 is 11.6 Å². The molecule has 0 radical (unpaired) electrons. The van der Waals surface area contributed by atoms with E-state index in [-0.39, 0.29) is 5.91 Å². The maximum absolute atomic E-state index is 12.5. The van der Waals surface area contributed by atoms with Crippen molar-refractivity contribution in [2.75, 3.05) is 12.4 Å². The highest BCUT2D eigenvalue weighted by Gasteiger charge is 2.34. The zero-order valence-electron chi connectivity index (χ0n) is 12.8. The SMILES string of the molecule is Cc1ccc(C2(C)Nc3ccc(Cl)cc3C(=O)N(C)N2)cc1. The van der Waals surface area contributed by atoms with Crippen molar-refractivity contribution in [3.05, 3.63) is 64.2 Å². The fraction of sp³-hybridized carbons (Fsp3) is 0.235. The highest BCUT2D eigenvalue weighted by atomic mass is 35.5. The van der Waals surface area contributed by atoms with Crippen molar-refractivity contribution in [1.82, 2.24) is 10.4 Å². The zero-order chi connectivity index (χ0) is 15.9. The second-order valence-corrected chi connectivity index (χ2v) is 6.22. The van der Waals surface area contributed by atoms with Gasteiger partial charge in [-0.15, -0.1) is 0 Å². The molecule has 2 aromatic carbocycles. The van der Waals surface area contributed by atoms with Gasteiger partial charge >= 0.3 is 0 Å². The van der Waals surface area contributed by atoms with Gasteiger partial charge in [0.2, 0.25) is 0 Å². The van der Waals surface area contributed by atoms with Gasteiger partial charge in [0.25, 0.3) is 5.91 Å². The molecule has 4 nitrogen and oxygen atoms in total. The summed E-state index contributed by atoms with van der Waals surface area (Å²) in [7, 11) is 1.71. The van der Waals surface area contributed by atoms with Crippen molar-refractivity contribution >= 4 is 23.2 Å². The second-order valence-electron chi connectivity index (χ2n) is 5.78. The Bertz CT molecular complexity index is 729. The van der Waals surface area contributed by atoms with Gasteiger partial charge < -0.3 is 5.32 Å². The van der Waals surface area contributed by atoms with E-state index >= 15 is 0 Å². The lowest BCUT2D eigenvalue weighted by molar-refractivity contribution is 0.0649. The number of hydrazine groups is 1. The summed E-state index contributed by atoms with van der Waals surface area (Å²) < 4.78 is 0. The number of halogens is 1. The Morgan fingerprint density at radius 2 is 1.82 bits per heavy atom. The highest BCUT2D eigenvalue weighted by Crippen LogP contribution is 2.31. The summed E-state index contributed by atoms with van der Waals surface area (Å²) >= 11 is 6.03. The molecule has 0 aliphatic carbocycles. The quantitative estimate of drug-likeness (QED) is 0.846. The van der Waals surface area contributed by atoms with Gasteiger partial charge in [0, 0.05) is 17.8 Å². The van der Waals surface area contributed by atoms with Gasteiger partial charge in [0.1, 0.15) is 5.66 Å². The Kier molecular flexibility index (Phi) is 3.59. The summed E-state index contributed by atoms with van der Waals surface area (Å²) in [5.74, 6) is -0.124. The molecule has 22 heavy (non-hydrogen) atoms. The zero-order valence-corrected chi connectivity index (χ0v) is 13.5. The molecule has 1 aliphatic heterocycles. The molecule has 0 fully saturated rings. The van der Waals surface area contributed by atoms with E-state index in [0.717, 1.165) is 11.3 Å². The molecule has 0 spiro atoms. The lowest BCUT2D eigenvalue weighted by Gasteiger charge is -2.34. The first-order valence-electron chi connectivity index (χ1n) is 7.10. The number of amides is 1. The molecule has 0 aromatic heterocycles. The van der Waals surface area contributed by atoms with Crippen molar-refractivity contribution in [2.24, 2.45) is 0 Å². The van der Waals surface area contributed by atoms with Crippen molar-refractivity contribution in [3.8, 4) is 0 Å². The number of hydrogen-bond donors (Lipinski definition) is 2. The predicted molar refractivity (Wildman–Crippen MR) is 88.8 cm³/mol. The Morgan fingerprint density at radius 1 is 1.14 bits per heavy atom. The predicted octanol–water partition coefficient (Wildman–Crippen LogP) is 3.52. The van der Waals surface area contributed by atoms with Crippen molar-refractivity contribution in [3.63, 3.8) is 0 Å². The molecule has 5 heteroatoms. The normalized spacial score (nSPS) is 21.1. The number of anilines is 1. The first-order valence-corrected chi connectivity index (χ1v) is 7.47. The molecule has 1 amide bonds. The monoisotopic (exact) mass is 315 g/mol. The van der Waals surface area contributed by atoms with Crippen LogP contribution in [0.4, 0.5) is 5.69 Å². The third-order valence-electron chi connectivity index (χ3n) is 3.92. The maximum atomic E-state index is 12.5. The summed E-state index contributed by atoms with van der Waals surface area (Å²) in [6.45, 7) is 4.05. The van der Waals surface area contributed by atoms with E-state index in [9.17, 15) is 4.79 Å². The van der Waals surface area contributed by atoms with Gasteiger partial charge in [-0.1, -0.05) is 41.4 Å². The van der Waals surface area contributed by atoms with Gasteiger partial charge in [0.15, 0.2) is 0 Å². The summed E-state index contributed by atoms with van der Waals surface area (Å²) in [5.41, 5.74) is 6.18. The number of rotatable bonds is 1. The average molecular weight is 316 g/mol. The van der Waals surface area contributed by atoms with E-state index in [1.54, 1.807) is 19.2 Å². The number of carbonyl (C=O) groups excluding carboxylic acids is 1. The van der Waals surface area contributed by atoms with Crippen LogP contribution in [0.2, 0.25) is 5.02 Å². The second kappa shape index (κ2) is 5.30. The molecule has 3 rings (SSSR count). The average Bonchev–Trinajstić information content (AvgIpc) is 2.57. The van der Waals surface area contributed by atoms with E-state index in [1.807, 2.05) is 19.9 Å². The molecule has 1 atom stereocenters. The standard InChI is InChI=1S/C17H18ClN3O/c1-11-4-6-12(7-5-11)17(2)19-15-9-8-13(18)10-14(15)16(22)21(3)20-17/h4-10,19-20H,1-3H3. The maximum Gasteiger partial charge on any atom is 0.269 e. The van der Waals surface area contributed by atoms with E-state index in [0.29, 0.717) is 10.6 Å². The summed E-state index contributed by atoms with van der Waals surface area (Å²) in [6, 6.07) is 13.5. The largest absolute Gasteiger partial charge is 0.362 e. The van der Waals surface area contributed by atoms with Gasteiger partial charge in [0.05, 0.1) is 5.56 Å². The minimum atomic E-state index is -0.600. The number of benzene rings is 2. The molecule has 0 saturated heterocycles. The Morgan fingerprint density at radius 3 is 2.50 bits per heavy atom. The van der Waals surface area contributed by atoms with Crippen LogP contribution in [-0.2, 0) is 5.66 Å². The van der Waals surface area contributed by atoms with Gasteiger partial charge in [-0.25, -0.2) is 5.43 Å². The molecule has 1 heterocycles. The topological polar surface area (TPSA) is 44.4 Å². The highest BCUT2D eigenvalue weighted by molar-refractivity contribution is 6.31. The van der Waals surface area contributed by atoms with Crippen molar-refractivity contribution in [1.29, 1.82) is 0 Å². The number of hydrogen-bond acceptors (Lipinski definition) is 3. The van der Waals surface area contributed by atoms with Crippen molar-refractivity contribution in [2.45, 2.75) is 19.5 Å². The molecule has 1 unspecified atom stereocenters. The van der Waals surface area contributed by atoms with Crippen LogP contribution in [0.5, 0.6) is 0 Å². The summed E-state index contributed by atoms with van der Waals surface area (Å²) in [6.07, 6.45) is 0. The molecule has 2 N–H and O–H groups in total. The number of fused-ring (bicyclic) bond motifs is 1. The summed E-state index contributed by atoms with van der Waals surface area (Å²) in [5, 5.41) is 5.47. The van der Waals surface area contributed by atoms with E-state index in [4.69, 9.17) is 11.6 Å². The van der Waals surface area contributed by atoms with Crippen LogP contribution < -0.4 is 10.7 Å². The fourth-order valence-electron chi connectivity index (χ4n) is 2.69. The van der Waals surface area contributed by atoms with Gasteiger partial charge in [-0.2, -0.15) is 0 Å². The number of carbonyl (C=O) groups is 1. The van der Waals surface area contributed by atoms with E-state index in [1.165, 1.54) is 10.6 Å². The van der Waals surface area contributed by atoms with Gasteiger partial charge in [-0.05, 0) is 37.6 Å². The summed E-state index contributed by atoms with van der Waals surface area (Å²) in [4.78, 5) is 12.5. The van der Waals surface area contributed by atoms with Crippen LogP contribution in [0.1, 0.15) is 28.4 Å². The lowest BCUT2D eigenvalue weighted by atomic mass is 10.00. The Hall–Kier alpha value is -2.04. The molecular formula is C17H18ClN3O. The van der Waals surface area contributed by atoms with Crippen LogP contribution in [0.15, 0.2) is 42.5 Å². The third-order valence-corrected chi connectivity index (χ3v) is 4.16. The van der Waals surface area contributed by atoms with Gasteiger partial charge in [-0.3, -0.25) is 9.80 Å². The van der Waals surface area contributed by atoms with Crippen LogP contribution in [0, 0.1) is 6.92 Å². The molecule has 0 bridgehead atoms. The first-order chi connectivity index (χ1) is 10.4. The molecular weight excluding hydrogens is 298 g/mol. The fourth-order valence-corrected chi connectivity index (χ4v) is 2.86. The van der Waals surface area contributed by atoms with Crippen LogP contribution in [-0.4, -0.2) is 18.0 Å². The lowest BCUT2D eigenvalue weighted by Crippen LogP contribution is -2.53.